The molecule has 0 atom stereocenters. The lowest BCUT2D eigenvalue weighted by Crippen LogP contribution is -2.32. The molecule has 1 aliphatic carbocycles. The zero-order chi connectivity index (χ0) is 12.1. The zero-order valence-electron chi connectivity index (χ0n) is 10.3. The molecule has 0 radical (unpaired) electrons. The first-order chi connectivity index (χ1) is 8.22. The van der Waals surface area contributed by atoms with Crippen LogP contribution in [-0.4, -0.2) is 23.9 Å². The van der Waals surface area contributed by atoms with Gasteiger partial charge in [-0.3, -0.25) is 0 Å². The van der Waals surface area contributed by atoms with Gasteiger partial charge in [0.1, 0.15) is 18.1 Å². The van der Waals surface area contributed by atoms with Crippen molar-refractivity contribution >= 4 is 0 Å². The Morgan fingerprint density at radius 3 is 2.47 bits per heavy atom. The van der Waals surface area contributed by atoms with Gasteiger partial charge in [0.25, 0.3) is 0 Å². The molecule has 0 aliphatic heterocycles. The normalized spacial score (nSPS) is 18.0. The molecule has 1 aliphatic rings. The Morgan fingerprint density at radius 2 is 1.82 bits per heavy atom. The molecule has 1 aromatic rings. The van der Waals surface area contributed by atoms with E-state index in [0.29, 0.717) is 13.2 Å². The molecular formula is C14H20O3. The van der Waals surface area contributed by atoms with Crippen molar-refractivity contribution in [3.8, 4) is 11.5 Å². The molecule has 1 saturated carbocycles. The molecule has 0 bridgehead atoms. The summed E-state index contributed by atoms with van der Waals surface area (Å²) in [6, 6.07) is 7.56. The van der Waals surface area contributed by atoms with Crippen molar-refractivity contribution in [3.05, 3.63) is 24.3 Å². The molecule has 0 saturated heterocycles. The summed E-state index contributed by atoms with van der Waals surface area (Å²) in [5, 5.41) is 10.2. The fourth-order valence-electron chi connectivity index (χ4n) is 2.22. The maximum atomic E-state index is 10.2. The van der Waals surface area contributed by atoms with Crippen molar-refractivity contribution in [2.24, 2.45) is 0 Å². The molecule has 0 unspecified atom stereocenters. The van der Waals surface area contributed by atoms with Gasteiger partial charge < -0.3 is 14.6 Å². The first-order valence-corrected chi connectivity index (χ1v) is 6.30. The van der Waals surface area contributed by atoms with Crippen LogP contribution in [0.15, 0.2) is 24.3 Å². The van der Waals surface area contributed by atoms with Crippen molar-refractivity contribution in [1.82, 2.24) is 0 Å². The quantitative estimate of drug-likeness (QED) is 0.854. The van der Waals surface area contributed by atoms with Crippen molar-refractivity contribution in [2.75, 3.05) is 13.2 Å². The Labute approximate surface area is 102 Å². The fraction of sp³-hybridized carbons (Fsp3) is 0.571. The third-order valence-corrected chi connectivity index (χ3v) is 3.16. The van der Waals surface area contributed by atoms with Gasteiger partial charge in [-0.1, -0.05) is 18.9 Å². The lowest BCUT2D eigenvalue weighted by molar-refractivity contribution is 0.00134. The summed E-state index contributed by atoms with van der Waals surface area (Å²) in [7, 11) is 0. The molecule has 0 heterocycles. The maximum absolute atomic E-state index is 10.2. The van der Waals surface area contributed by atoms with E-state index in [1.54, 1.807) is 0 Å². The van der Waals surface area contributed by atoms with Gasteiger partial charge in [-0.2, -0.15) is 0 Å². The van der Waals surface area contributed by atoms with E-state index in [4.69, 9.17) is 9.47 Å². The highest BCUT2D eigenvalue weighted by Gasteiger charge is 2.31. The second-order valence-electron chi connectivity index (χ2n) is 4.63. The molecule has 0 aromatic heterocycles. The van der Waals surface area contributed by atoms with Gasteiger partial charge in [0.15, 0.2) is 0 Å². The number of rotatable bonds is 5. The van der Waals surface area contributed by atoms with Crippen LogP contribution in [0, 0.1) is 0 Å². The van der Waals surface area contributed by atoms with Gasteiger partial charge in [0.05, 0.1) is 12.2 Å². The van der Waals surface area contributed by atoms with Crippen LogP contribution in [-0.2, 0) is 0 Å². The Morgan fingerprint density at radius 1 is 1.18 bits per heavy atom. The SMILES string of the molecule is CCOc1cccc(OCC2(O)CCCC2)c1. The van der Waals surface area contributed by atoms with Crippen molar-refractivity contribution in [3.63, 3.8) is 0 Å². The Kier molecular flexibility index (Phi) is 3.89. The Balaban J connectivity index is 1.91. The molecule has 0 spiro atoms. The second-order valence-corrected chi connectivity index (χ2v) is 4.63. The van der Waals surface area contributed by atoms with E-state index in [9.17, 15) is 5.11 Å². The summed E-state index contributed by atoms with van der Waals surface area (Å²) in [5.74, 6) is 1.57. The van der Waals surface area contributed by atoms with Crippen molar-refractivity contribution < 1.29 is 14.6 Å². The zero-order valence-corrected chi connectivity index (χ0v) is 10.3. The van der Waals surface area contributed by atoms with Crippen LogP contribution < -0.4 is 9.47 Å². The van der Waals surface area contributed by atoms with E-state index in [1.807, 2.05) is 31.2 Å². The number of hydrogen-bond donors (Lipinski definition) is 1. The predicted molar refractivity (Wildman–Crippen MR) is 66.5 cm³/mol. The van der Waals surface area contributed by atoms with E-state index >= 15 is 0 Å². The molecule has 0 amide bonds. The van der Waals surface area contributed by atoms with Crippen LogP contribution in [0.25, 0.3) is 0 Å². The second kappa shape index (κ2) is 5.41. The van der Waals surface area contributed by atoms with Crippen LogP contribution in [0.3, 0.4) is 0 Å². The number of ether oxygens (including phenoxy) is 2. The Bertz CT molecular complexity index is 356. The molecule has 1 N–H and O–H groups in total. The lowest BCUT2D eigenvalue weighted by Gasteiger charge is -2.22. The summed E-state index contributed by atoms with van der Waals surface area (Å²) in [4.78, 5) is 0. The predicted octanol–water partition coefficient (Wildman–Crippen LogP) is 2.77. The van der Waals surface area contributed by atoms with Gasteiger partial charge in [-0.15, -0.1) is 0 Å². The van der Waals surface area contributed by atoms with E-state index in [-0.39, 0.29) is 0 Å². The molecule has 3 nitrogen and oxygen atoms in total. The summed E-state index contributed by atoms with van der Waals surface area (Å²) in [6.07, 6.45) is 3.88. The highest BCUT2D eigenvalue weighted by molar-refractivity contribution is 5.33. The third kappa shape index (κ3) is 3.37. The summed E-state index contributed by atoms with van der Waals surface area (Å²) in [5.41, 5.74) is -0.623. The monoisotopic (exact) mass is 236 g/mol. The molecule has 1 fully saturated rings. The molecule has 3 heteroatoms. The minimum Gasteiger partial charge on any atom is -0.494 e. The average Bonchev–Trinajstić information content (AvgIpc) is 2.76. The summed E-state index contributed by atoms with van der Waals surface area (Å²) in [6.45, 7) is 2.98. The van der Waals surface area contributed by atoms with Crippen LogP contribution in [0.1, 0.15) is 32.6 Å². The van der Waals surface area contributed by atoms with Crippen LogP contribution in [0.2, 0.25) is 0 Å². The maximum Gasteiger partial charge on any atom is 0.123 e. The van der Waals surface area contributed by atoms with Gasteiger partial charge in [0.2, 0.25) is 0 Å². The molecule has 94 valence electrons. The van der Waals surface area contributed by atoms with Gasteiger partial charge in [0, 0.05) is 6.07 Å². The number of aliphatic hydroxyl groups is 1. The highest BCUT2D eigenvalue weighted by Crippen LogP contribution is 2.30. The van der Waals surface area contributed by atoms with Crippen LogP contribution in [0.5, 0.6) is 11.5 Å². The largest absolute Gasteiger partial charge is 0.494 e. The van der Waals surface area contributed by atoms with Crippen LogP contribution in [0.4, 0.5) is 0 Å². The molecule has 1 aromatic carbocycles. The van der Waals surface area contributed by atoms with Crippen molar-refractivity contribution in [1.29, 1.82) is 0 Å². The minimum atomic E-state index is -0.623. The minimum absolute atomic E-state index is 0.378. The van der Waals surface area contributed by atoms with E-state index in [1.165, 1.54) is 0 Å². The highest BCUT2D eigenvalue weighted by atomic mass is 16.5. The van der Waals surface area contributed by atoms with Crippen molar-refractivity contribution in [2.45, 2.75) is 38.2 Å². The first kappa shape index (κ1) is 12.2. The average molecular weight is 236 g/mol. The summed E-state index contributed by atoms with van der Waals surface area (Å²) < 4.78 is 11.1. The van der Waals surface area contributed by atoms with Crippen LogP contribution >= 0.6 is 0 Å². The lowest BCUT2D eigenvalue weighted by atomic mass is 10.0. The molecule has 2 rings (SSSR count). The van der Waals surface area contributed by atoms with E-state index in [2.05, 4.69) is 0 Å². The standard InChI is InChI=1S/C14H20O3/c1-2-16-12-6-5-7-13(10-12)17-11-14(15)8-3-4-9-14/h5-7,10,15H,2-4,8-9,11H2,1H3. The van der Waals surface area contributed by atoms with E-state index < -0.39 is 5.60 Å². The number of benzene rings is 1. The van der Waals surface area contributed by atoms with Gasteiger partial charge in [-0.05, 0) is 31.9 Å². The first-order valence-electron chi connectivity index (χ1n) is 6.30. The number of hydrogen-bond acceptors (Lipinski definition) is 3. The Hall–Kier alpha value is -1.22. The molecule has 17 heavy (non-hydrogen) atoms. The van der Waals surface area contributed by atoms with Gasteiger partial charge in [-0.25, -0.2) is 0 Å². The van der Waals surface area contributed by atoms with Gasteiger partial charge >= 0.3 is 0 Å². The fourth-order valence-corrected chi connectivity index (χ4v) is 2.22. The third-order valence-electron chi connectivity index (χ3n) is 3.16. The summed E-state index contributed by atoms with van der Waals surface area (Å²) >= 11 is 0. The molecular weight excluding hydrogens is 216 g/mol. The topological polar surface area (TPSA) is 38.7 Å². The van der Waals surface area contributed by atoms with E-state index in [0.717, 1.165) is 37.2 Å². The smallest absolute Gasteiger partial charge is 0.123 e.